The lowest BCUT2D eigenvalue weighted by Crippen LogP contribution is -2.53. The fourth-order valence-corrected chi connectivity index (χ4v) is 3.93. The summed E-state index contributed by atoms with van der Waals surface area (Å²) in [6.07, 6.45) is 2.75. The van der Waals surface area contributed by atoms with Gasteiger partial charge in [-0.25, -0.2) is 4.79 Å². The van der Waals surface area contributed by atoms with E-state index >= 15 is 0 Å². The monoisotopic (exact) mass is 258 g/mol. The third-order valence-corrected chi connectivity index (χ3v) is 4.71. The van der Waals surface area contributed by atoms with Gasteiger partial charge in [0, 0.05) is 43.1 Å². The van der Waals surface area contributed by atoms with E-state index in [1.807, 2.05) is 0 Å². The minimum atomic E-state index is -0.297. The third kappa shape index (κ3) is 1.24. The van der Waals surface area contributed by atoms with Gasteiger partial charge in [-0.05, 0) is 6.92 Å². The van der Waals surface area contributed by atoms with Crippen LogP contribution in [0.3, 0.4) is 0 Å². The number of rotatable bonds is 0. The summed E-state index contributed by atoms with van der Waals surface area (Å²) in [7, 11) is 3.27. The Kier molecular flexibility index (Phi) is 2.17. The lowest BCUT2D eigenvalue weighted by molar-refractivity contribution is 0.360. The molecule has 4 nitrogen and oxygen atoms in total. The number of nitrogens with zero attached hydrogens (tertiary/aromatic N) is 2. The predicted molar refractivity (Wildman–Crippen MR) is 74.4 cm³/mol. The first kappa shape index (κ1) is 12.2. The van der Waals surface area contributed by atoms with Crippen molar-refractivity contribution in [3.05, 3.63) is 55.9 Å². The summed E-state index contributed by atoms with van der Waals surface area (Å²) in [5.74, 6) is 0.241. The van der Waals surface area contributed by atoms with Gasteiger partial charge >= 0.3 is 5.69 Å². The molecule has 0 saturated heterocycles. The maximum absolute atomic E-state index is 12.5. The third-order valence-electron chi connectivity index (χ3n) is 4.71. The fraction of sp³-hybridized carbons (Fsp3) is 0.467. The molecular weight excluding hydrogens is 240 g/mol. The minimum absolute atomic E-state index is 0.165. The molecule has 1 aromatic heterocycles. The van der Waals surface area contributed by atoms with Gasteiger partial charge in [0.05, 0.1) is 0 Å². The molecule has 100 valence electrons. The van der Waals surface area contributed by atoms with E-state index in [-0.39, 0.29) is 22.6 Å². The van der Waals surface area contributed by atoms with Crippen LogP contribution in [-0.4, -0.2) is 9.13 Å². The maximum atomic E-state index is 12.5. The van der Waals surface area contributed by atoms with Crippen molar-refractivity contribution in [2.75, 3.05) is 0 Å². The Hall–Kier alpha value is -1.84. The molecule has 2 aliphatic rings. The van der Waals surface area contributed by atoms with Crippen LogP contribution in [0.1, 0.15) is 25.1 Å². The number of aromatic nitrogens is 2. The molecule has 2 atom stereocenters. The highest BCUT2D eigenvalue weighted by atomic mass is 16.2. The molecule has 0 fully saturated rings. The topological polar surface area (TPSA) is 44.0 Å². The molecule has 2 unspecified atom stereocenters. The molecule has 0 aromatic carbocycles. The lowest BCUT2D eigenvalue weighted by atomic mass is 9.54. The molecule has 3 rings (SSSR count). The smallest absolute Gasteiger partial charge is 0.300 e. The molecule has 0 aliphatic heterocycles. The van der Waals surface area contributed by atoms with Crippen LogP contribution in [0.25, 0.3) is 0 Å². The zero-order valence-corrected chi connectivity index (χ0v) is 11.8. The van der Waals surface area contributed by atoms with Gasteiger partial charge in [0.2, 0.25) is 0 Å². The highest BCUT2D eigenvalue weighted by Gasteiger charge is 2.50. The summed E-state index contributed by atoms with van der Waals surface area (Å²) in [5, 5.41) is 0. The van der Waals surface area contributed by atoms with Crippen LogP contribution in [0, 0.1) is 5.92 Å². The van der Waals surface area contributed by atoms with Crippen LogP contribution in [0.4, 0.5) is 0 Å². The van der Waals surface area contributed by atoms with E-state index in [4.69, 9.17) is 0 Å². The van der Waals surface area contributed by atoms with Crippen molar-refractivity contribution < 1.29 is 0 Å². The zero-order valence-electron chi connectivity index (χ0n) is 11.8. The van der Waals surface area contributed by atoms with Crippen LogP contribution < -0.4 is 11.2 Å². The summed E-state index contributed by atoms with van der Waals surface area (Å²) >= 11 is 0. The second kappa shape index (κ2) is 3.38. The second-order valence-corrected chi connectivity index (χ2v) is 5.97. The normalized spacial score (nSPS) is 28.3. The van der Waals surface area contributed by atoms with Crippen molar-refractivity contribution in [2.45, 2.75) is 25.7 Å². The standard InChI is InChI=1S/C15H18N2O2/c1-8-6-10-12(15(3)7-9(2)11(8)15)13(18)17(5)14(19)16(10)4/h7,11H,1,6H2,2-5H3. The Morgan fingerprint density at radius 3 is 2.53 bits per heavy atom. The molecule has 0 amide bonds. The Labute approximate surface area is 111 Å². The van der Waals surface area contributed by atoms with E-state index in [0.717, 1.165) is 16.8 Å². The molecule has 1 heterocycles. The van der Waals surface area contributed by atoms with Crippen molar-refractivity contribution in [2.24, 2.45) is 20.0 Å². The first-order valence-corrected chi connectivity index (χ1v) is 6.45. The number of hydrogen-bond acceptors (Lipinski definition) is 2. The molecule has 0 radical (unpaired) electrons. The SMILES string of the molecule is C=C1Cc2c(c(=O)n(C)c(=O)n2C)C2(C)C=C(C)C12. The highest BCUT2D eigenvalue weighted by Crippen LogP contribution is 2.53. The number of hydrogen-bond donors (Lipinski definition) is 0. The molecule has 2 aliphatic carbocycles. The number of allylic oxidation sites excluding steroid dienone is 3. The summed E-state index contributed by atoms with van der Waals surface area (Å²) in [4.78, 5) is 24.5. The van der Waals surface area contributed by atoms with Crippen LogP contribution in [-0.2, 0) is 25.9 Å². The Morgan fingerprint density at radius 1 is 1.32 bits per heavy atom. The first-order valence-electron chi connectivity index (χ1n) is 6.45. The van der Waals surface area contributed by atoms with Crippen LogP contribution >= 0.6 is 0 Å². The van der Waals surface area contributed by atoms with Gasteiger partial charge in [0.15, 0.2) is 0 Å². The van der Waals surface area contributed by atoms with E-state index in [1.165, 1.54) is 10.1 Å². The molecule has 0 N–H and O–H groups in total. The molecular formula is C15H18N2O2. The van der Waals surface area contributed by atoms with E-state index < -0.39 is 0 Å². The van der Waals surface area contributed by atoms with Crippen LogP contribution in [0.15, 0.2) is 33.4 Å². The summed E-state index contributed by atoms with van der Waals surface area (Å²) in [5.41, 5.74) is 3.23. The highest BCUT2D eigenvalue weighted by molar-refractivity contribution is 5.53. The quantitative estimate of drug-likeness (QED) is 0.652. The molecule has 19 heavy (non-hydrogen) atoms. The fourth-order valence-electron chi connectivity index (χ4n) is 3.93. The Balaban J connectivity index is 2.46. The van der Waals surface area contributed by atoms with E-state index in [1.54, 1.807) is 18.7 Å². The van der Waals surface area contributed by atoms with Crippen molar-refractivity contribution in [1.29, 1.82) is 0 Å². The number of fused-ring (bicyclic) bond motifs is 3. The molecule has 0 spiro atoms. The van der Waals surface area contributed by atoms with Gasteiger partial charge in [-0.1, -0.05) is 30.7 Å². The average molecular weight is 258 g/mol. The molecule has 4 heteroatoms. The largest absolute Gasteiger partial charge is 0.330 e. The van der Waals surface area contributed by atoms with Gasteiger partial charge < -0.3 is 0 Å². The van der Waals surface area contributed by atoms with Crippen molar-refractivity contribution in [1.82, 2.24) is 9.13 Å². The van der Waals surface area contributed by atoms with Crippen LogP contribution in [0.5, 0.6) is 0 Å². The van der Waals surface area contributed by atoms with Crippen molar-refractivity contribution >= 4 is 0 Å². The van der Waals surface area contributed by atoms with Crippen molar-refractivity contribution in [3.63, 3.8) is 0 Å². The molecule has 1 aromatic rings. The van der Waals surface area contributed by atoms with Gasteiger partial charge in [-0.3, -0.25) is 13.9 Å². The van der Waals surface area contributed by atoms with Crippen molar-refractivity contribution in [3.8, 4) is 0 Å². The minimum Gasteiger partial charge on any atom is -0.300 e. The van der Waals surface area contributed by atoms with E-state index in [9.17, 15) is 9.59 Å². The predicted octanol–water partition coefficient (Wildman–Crippen LogP) is 1.03. The first-order chi connectivity index (χ1) is 8.79. The maximum Gasteiger partial charge on any atom is 0.330 e. The second-order valence-electron chi connectivity index (χ2n) is 5.97. The Bertz CT molecular complexity index is 764. The molecule has 0 saturated carbocycles. The van der Waals surface area contributed by atoms with E-state index in [2.05, 4.69) is 26.5 Å². The van der Waals surface area contributed by atoms with Gasteiger partial charge in [0.1, 0.15) is 0 Å². The Morgan fingerprint density at radius 2 is 1.95 bits per heavy atom. The van der Waals surface area contributed by atoms with Gasteiger partial charge in [0.25, 0.3) is 5.56 Å². The zero-order chi connectivity index (χ0) is 14.1. The lowest BCUT2D eigenvalue weighted by Gasteiger charge is -2.49. The summed E-state index contributed by atoms with van der Waals surface area (Å²) < 4.78 is 2.79. The average Bonchev–Trinajstić information content (AvgIpc) is 2.31. The summed E-state index contributed by atoms with van der Waals surface area (Å²) in [6, 6.07) is 0. The summed E-state index contributed by atoms with van der Waals surface area (Å²) in [6.45, 7) is 8.30. The molecule has 0 bridgehead atoms. The van der Waals surface area contributed by atoms with Gasteiger partial charge in [-0.2, -0.15) is 0 Å². The van der Waals surface area contributed by atoms with Crippen LogP contribution in [0.2, 0.25) is 0 Å². The van der Waals surface area contributed by atoms with E-state index in [0.29, 0.717) is 6.42 Å². The van der Waals surface area contributed by atoms with Gasteiger partial charge in [-0.15, -0.1) is 0 Å².